The van der Waals surface area contributed by atoms with Crippen molar-refractivity contribution in [2.45, 2.75) is 19.4 Å². The third-order valence-corrected chi connectivity index (χ3v) is 5.90. The molecular formula is C18H20N4S. The molecule has 2 heterocycles. The molecule has 1 fully saturated rings. The predicted octanol–water partition coefficient (Wildman–Crippen LogP) is 3.61. The van der Waals surface area contributed by atoms with Crippen molar-refractivity contribution in [1.82, 2.24) is 10.2 Å². The van der Waals surface area contributed by atoms with Crippen LogP contribution in [0.2, 0.25) is 0 Å². The maximum atomic E-state index is 9.06. The number of thiophene rings is 1. The second kappa shape index (κ2) is 5.71. The smallest absolute Gasteiger partial charge is 0.191 e. The Hall–Kier alpha value is -2.32. The minimum absolute atomic E-state index is 0.237. The number of hydrogen-bond donors (Lipinski definition) is 2. The van der Waals surface area contributed by atoms with Crippen LogP contribution in [0.3, 0.4) is 0 Å². The van der Waals surface area contributed by atoms with Crippen molar-refractivity contribution in [3.05, 3.63) is 46.2 Å². The summed E-state index contributed by atoms with van der Waals surface area (Å²) in [5.74, 6) is 0.852. The summed E-state index contributed by atoms with van der Waals surface area (Å²) in [4.78, 5) is 3.16. The monoisotopic (exact) mass is 324 g/mol. The first-order valence-electron chi connectivity index (χ1n) is 7.61. The molecule has 5 heteroatoms. The zero-order chi connectivity index (χ0) is 16.6. The Bertz CT molecular complexity index is 788. The van der Waals surface area contributed by atoms with E-state index in [-0.39, 0.29) is 5.54 Å². The third kappa shape index (κ3) is 2.71. The summed E-state index contributed by atoms with van der Waals surface area (Å²) < 4.78 is 0. The van der Waals surface area contributed by atoms with Crippen LogP contribution in [0.1, 0.15) is 24.3 Å². The maximum Gasteiger partial charge on any atom is 0.191 e. The first-order valence-corrected chi connectivity index (χ1v) is 8.49. The number of nitriles is 1. The van der Waals surface area contributed by atoms with Gasteiger partial charge >= 0.3 is 0 Å². The molecule has 0 amide bonds. The van der Waals surface area contributed by atoms with Gasteiger partial charge in [-0.05, 0) is 41.6 Å². The van der Waals surface area contributed by atoms with Gasteiger partial charge in [-0.25, -0.2) is 0 Å². The van der Waals surface area contributed by atoms with Gasteiger partial charge in [0, 0.05) is 24.4 Å². The molecule has 0 aliphatic carbocycles. The highest BCUT2D eigenvalue weighted by molar-refractivity contribution is 7.10. The van der Waals surface area contributed by atoms with E-state index in [0.29, 0.717) is 17.4 Å². The van der Waals surface area contributed by atoms with Gasteiger partial charge in [-0.3, -0.25) is 5.41 Å². The molecule has 1 aliphatic heterocycles. The molecule has 23 heavy (non-hydrogen) atoms. The predicted molar refractivity (Wildman–Crippen MR) is 94.5 cm³/mol. The SMILES string of the molecule is C[C@H]1CN(C)C(=N)N[C@]1(C)c1cc(-c2cccc(C#N)c2)cs1. The van der Waals surface area contributed by atoms with Gasteiger partial charge < -0.3 is 10.2 Å². The van der Waals surface area contributed by atoms with E-state index in [1.165, 1.54) is 4.88 Å². The van der Waals surface area contributed by atoms with Crippen LogP contribution < -0.4 is 5.32 Å². The topological polar surface area (TPSA) is 62.9 Å². The van der Waals surface area contributed by atoms with E-state index in [1.54, 1.807) is 11.3 Å². The van der Waals surface area contributed by atoms with Crippen molar-refractivity contribution >= 4 is 17.3 Å². The van der Waals surface area contributed by atoms with Crippen LogP contribution in [0.15, 0.2) is 35.7 Å². The summed E-state index contributed by atoms with van der Waals surface area (Å²) in [5.41, 5.74) is 2.63. The molecule has 0 radical (unpaired) electrons. The van der Waals surface area contributed by atoms with Crippen LogP contribution >= 0.6 is 11.3 Å². The van der Waals surface area contributed by atoms with Crippen molar-refractivity contribution in [1.29, 1.82) is 10.7 Å². The Kier molecular flexibility index (Phi) is 3.87. The highest BCUT2D eigenvalue weighted by Crippen LogP contribution is 2.38. The van der Waals surface area contributed by atoms with Gasteiger partial charge in [0.2, 0.25) is 0 Å². The fourth-order valence-corrected chi connectivity index (χ4v) is 4.13. The standard InChI is InChI=1S/C18H20N4S/c1-12-10-22(3)17(20)21-18(12,2)16-8-15(11-23-16)14-6-4-5-13(7-14)9-19/h4-8,11-12H,10H2,1-3H3,(H2,20,21)/t12-,18-/m0/s1. The van der Waals surface area contributed by atoms with E-state index in [2.05, 4.69) is 36.7 Å². The second-order valence-electron chi connectivity index (χ2n) is 6.35. The van der Waals surface area contributed by atoms with E-state index in [9.17, 15) is 0 Å². The number of guanidine groups is 1. The molecule has 2 atom stereocenters. The molecule has 0 unspecified atom stereocenters. The summed E-state index contributed by atoms with van der Waals surface area (Å²) >= 11 is 1.71. The quantitative estimate of drug-likeness (QED) is 0.887. The van der Waals surface area contributed by atoms with Gasteiger partial charge in [-0.2, -0.15) is 5.26 Å². The van der Waals surface area contributed by atoms with Crippen molar-refractivity contribution in [3.8, 4) is 17.2 Å². The van der Waals surface area contributed by atoms with Crippen LogP contribution in [-0.4, -0.2) is 24.5 Å². The first-order chi connectivity index (χ1) is 10.9. The minimum atomic E-state index is -0.237. The lowest BCUT2D eigenvalue weighted by Gasteiger charge is -2.45. The minimum Gasteiger partial charge on any atom is -0.346 e. The van der Waals surface area contributed by atoms with Crippen LogP contribution in [0, 0.1) is 22.7 Å². The zero-order valence-corrected chi connectivity index (χ0v) is 14.4. The zero-order valence-electron chi connectivity index (χ0n) is 13.6. The highest BCUT2D eigenvalue weighted by atomic mass is 32.1. The second-order valence-corrected chi connectivity index (χ2v) is 7.26. The molecule has 0 bridgehead atoms. The number of nitrogens with zero attached hydrogens (tertiary/aromatic N) is 2. The van der Waals surface area contributed by atoms with E-state index in [0.717, 1.165) is 17.7 Å². The number of hydrogen-bond acceptors (Lipinski definition) is 3. The molecule has 118 valence electrons. The highest BCUT2D eigenvalue weighted by Gasteiger charge is 2.40. The van der Waals surface area contributed by atoms with E-state index < -0.39 is 0 Å². The molecule has 1 aromatic carbocycles. The Labute approximate surface area is 140 Å². The van der Waals surface area contributed by atoms with Crippen molar-refractivity contribution in [2.75, 3.05) is 13.6 Å². The molecule has 0 spiro atoms. The largest absolute Gasteiger partial charge is 0.346 e. The fraction of sp³-hybridized carbons (Fsp3) is 0.333. The van der Waals surface area contributed by atoms with Gasteiger partial charge in [-0.15, -0.1) is 11.3 Å². The van der Waals surface area contributed by atoms with Crippen molar-refractivity contribution < 1.29 is 0 Å². The number of rotatable bonds is 2. The van der Waals surface area contributed by atoms with Crippen molar-refractivity contribution in [3.63, 3.8) is 0 Å². The van der Waals surface area contributed by atoms with Crippen molar-refractivity contribution in [2.24, 2.45) is 5.92 Å². The lowest BCUT2D eigenvalue weighted by molar-refractivity contribution is 0.199. The molecule has 2 aromatic rings. The lowest BCUT2D eigenvalue weighted by Crippen LogP contribution is -2.60. The van der Waals surface area contributed by atoms with Crippen LogP contribution in [0.4, 0.5) is 0 Å². The maximum absolute atomic E-state index is 9.06. The molecule has 3 rings (SSSR count). The summed E-state index contributed by atoms with van der Waals surface area (Å²) in [6, 6.07) is 12.1. The van der Waals surface area contributed by atoms with E-state index in [4.69, 9.17) is 10.7 Å². The molecule has 0 saturated carbocycles. The van der Waals surface area contributed by atoms with Crippen LogP contribution in [0.5, 0.6) is 0 Å². The molecule has 1 aliphatic rings. The van der Waals surface area contributed by atoms with Crippen LogP contribution in [-0.2, 0) is 5.54 Å². The molecule has 1 saturated heterocycles. The molecule has 1 aromatic heterocycles. The third-order valence-electron chi connectivity index (χ3n) is 4.73. The Morgan fingerprint density at radius 2 is 2.17 bits per heavy atom. The fourth-order valence-electron chi connectivity index (χ4n) is 2.98. The summed E-state index contributed by atoms with van der Waals surface area (Å²) in [6.07, 6.45) is 0. The first kappa shape index (κ1) is 15.6. The van der Waals surface area contributed by atoms with Gasteiger partial charge in [0.1, 0.15) is 0 Å². The normalized spacial score (nSPS) is 24.2. The summed E-state index contributed by atoms with van der Waals surface area (Å²) in [7, 11) is 1.94. The van der Waals surface area contributed by atoms with Gasteiger partial charge in [-0.1, -0.05) is 19.1 Å². The Morgan fingerprint density at radius 3 is 2.91 bits per heavy atom. The number of benzene rings is 1. The molecular weight excluding hydrogens is 304 g/mol. The Balaban J connectivity index is 1.95. The molecule has 2 N–H and O–H groups in total. The average molecular weight is 324 g/mol. The van der Waals surface area contributed by atoms with Gasteiger partial charge in [0.25, 0.3) is 0 Å². The number of nitrogens with one attached hydrogen (secondary N) is 2. The van der Waals surface area contributed by atoms with Crippen LogP contribution in [0.25, 0.3) is 11.1 Å². The van der Waals surface area contributed by atoms with E-state index >= 15 is 0 Å². The summed E-state index contributed by atoms with van der Waals surface area (Å²) in [6.45, 7) is 5.24. The van der Waals surface area contributed by atoms with Gasteiger partial charge in [0.15, 0.2) is 5.96 Å². The Morgan fingerprint density at radius 1 is 1.39 bits per heavy atom. The van der Waals surface area contributed by atoms with E-state index in [1.807, 2.05) is 36.2 Å². The average Bonchev–Trinajstić information content (AvgIpc) is 3.04. The van der Waals surface area contributed by atoms with Gasteiger partial charge in [0.05, 0.1) is 17.2 Å². The summed E-state index contributed by atoms with van der Waals surface area (Å²) in [5, 5.41) is 22.7. The molecule has 4 nitrogen and oxygen atoms in total. The lowest BCUT2D eigenvalue weighted by atomic mass is 9.83.